The van der Waals surface area contributed by atoms with Crippen LogP contribution in [0, 0.1) is 0 Å². The normalized spacial score (nSPS) is 15.5. The monoisotopic (exact) mass is 397 g/mol. The second-order valence-corrected chi connectivity index (χ2v) is 6.61. The molecule has 2 aromatic carbocycles. The third-order valence-corrected chi connectivity index (χ3v) is 4.43. The Morgan fingerprint density at radius 1 is 1.21 bits per heavy atom. The van der Waals surface area contributed by atoms with E-state index in [4.69, 9.17) is 16.3 Å². The number of hydrogen-bond acceptors (Lipinski definition) is 5. The van der Waals surface area contributed by atoms with E-state index in [2.05, 4.69) is 20.7 Å². The van der Waals surface area contributed by atoms with Gasteiger partial charge in [0.1, 0.15) is 5.75 Å². The molecule has 1 aliphatic heterocycles. The van der Waals surface area contributed by atoms with Gasteiger partial charge in [-0.25, -0.2) is 4.68 Å². The number of amides is 2. The molecule has 1 atom stereocenters. The van der Waals surface area contributed by atoms with Crippen molar-refractivity contribution in [2.45, 2.75) is 12.5 Å². The van der Waals surface area contributed by atoms with Crippen molar-refractivity contribution in [3.8, 4) is 5.75 Å². The first kappa shape index (κ1) is 18.0. The highest BCUT2D eigenvalue weighted by molar-refractivity contribution is 6.30. The van der Waals surface area contributed by atoms with Crippen LogP contribution in [0.5, 0.6) is 5.75 Å². The lowest BCUT2D eigenvalue weighted by Crippen LogP contribution is -2.29. The second kappa shape index (κ2) is 7.69. The zero-order valence-corrected chi connectivity index (χ0v) is 15.4. The Balaban J connectivity index is 1.46. The maximum Gasteiger partial charge on any atom is 0.264 e. The van der Waals surface area contributed by atoms with Crippen LogP contribution in [0.25, 0.3) is 0 Å². The van der Waals surface area contributed by atoms with Gasteiger partial charge in [-0.1, -0.05) is 41.9 Å². The number of carbonyl (C=O) groups excluding carboxylic acids is 2. The minimum Gasteiger partial charge on any atom is -0.484 e. The van der Waals surface area contributed by atoms with Crippen LogP contribution in [0.1, 0.15) is 18.0 Å². The van der Waals surface area contributed by atoms with Gasteiger partial charge in [-0.2, -0.15) is 4.98 Å². The molecule has 2 amide bonds. The molecule has 28 heavy (non-hydrogen) atoms. The lowest BCUT2D eigenvalue weighted by atomic mass is 10.0. The van der Waals surface area contributed by atoms with Crippen molar-refractivity contribution in [1.82, 2.24) is 14.8 Å². The second-order valence-electron chi connectivity index (χ2n) is 6.17. The number of benzene rings is 2. The average Bonchev–Trinajstić information content (AvgIpc) is 3.09. The van der Waals surface area contributed by atoms with Gasteiger partial charge in [0, 0.05) is 5.02 Å². The van der Waals surface area contributed by atoms with Crippen LogP contribution >= 0.6 is 11.6 Å². The van der Waals surface area contributed by atoms with Crippen molar-refractivity contribution in [3.05, 3.63) is 65.2 Å². The van der Waals surface area contributed by atoms with Crippen LogP contribution in [-0.2, 0) is 9.59 Å². The lowest BCUT2D eigenvalue weighted by molar-refractivity contribution is -0.118. The number of carbonyl (C=O) groups is 2. The van der Waals surface area contributed by atoms with Crippen molar-refractivity contribution < 1.29 is 14.3 Å². The number of halogens is 1. The average molecular weight is 398 g/mol. The van der Waals surface area contributed by atoms with E-state index in [9.17, 15) is 9.59 Å². The Kier molecular flexibility index (Phi) is 4.94. The molecule has 0 bridgehead atoms. The zero-order valence-electron chi connectivity index (χ0n) is 14.6. The predicted molar refractivity (Wildman–Crippen MR) is 103 cm³/mol. The first-order chi connectivity index (χ1) is 13.6. The van der Waals surface area contributed by atoms with Gasteiger partial charge in [-0.05, 0) is 29.8 Å². The number of anilines is 2. The SMILES string of the molecule is O=C(COc1ccc(Cl)cc1)Nc1nc2n(n1)[C@H](c1ccccc1)CC(=O)N2. The number of nitrogens with one attached hydrogen (secondary N) is 2. The maximum absolute atomic E-state index is 12.1. The van der Waals surface area contributed by atoms with Crippen molar-refractivity contribution >= 4 is 35.3 Å². The van der Waals surface area contributed by atoms with Gasteiger partial charge in [-0.3, -0.25) is 20.2 Å². The van der Waals surface area contributed by atoms with Crippen LogP contribution < -0.4 is 15.4 Å². The summed E-state index contributed by atoms with van der Waals surface area (Å²) in [6.07, 6.45) is 0.243. The van der Waals surface area contributed by atoms with E-state index in [1.807, 2.05) is 30.3 Å². The third-order valence-electron chi connectivity index (χ3n) is 4.18. The Bertz CT molecular complexity index is 1000. The zero-order chi connectivity index (χ0) is 19.5. The molecule has 2 N–H and O–H groups in total. The van der Waals surface area contributed by atoms with Crippen molar-refractivity contribution in [2.24, 2.45) is 0 Å². The van der Waals surface area contributed by atoms with Gasteiger partial charge in [0.15, 0.2) is 6.61 Å². The van der Waals surface area contributed by atoms with Crippen LogP contribution in [0.3, 0.4) is 0 Å². The quantitative estimate of drug-likeness (QED) is 0.689. The topological polar surface area (TPSA) is 98.1 Å². The third kappa shape index (κ3) is 3.96. The van der Waals surface area contributed by atoms with Crippen LogP contribution in [-0.4, -0.2) is 33.2 Å². The highest BCUT2D eigenvalue weighted by atomic mass is 35.5. The summed E-state index contributed by atoms with van der Waals surface area (Å²) in [7, 11) is 0. The molecule has 0 aliphatic carbocycles. The summed E-state index contributed by atoms with van der Waals surface area (Å²) in [5, 5.41) is 10.2. The molecule has 0 unspecified atom stereocenters. The van der Waals surface area contributed by atoms with Gasteiger partial charge >= 0.3 is 0 Å². The largest absolute Gasteiger partial charge is 0.484 e. The Hall–Kier alpha value is -3.39. The number of nitrogens with zero attached hydrogens (tertiary/aromatic N) is 3. The molecule has 1 aliphatic rings. The molecule has 0 spiro atoms. The standard InChI is InChI=1S/C19H16ClN5O3/c20-13-6-8-14(9-7-13)28-11-17(27)21-18-23-19-22-16(26)10-15(25(19)24-18)12-4-2-1-3-5-12/h1-9,15H,10-11H2,(H2,21,22,23,24,26,27)/t15-/m0/s1. The molecule has 0 fully saturated rings. The highest BCUT2D eigenvalue weighted by Crippen LogP contribution is 2.29. The van der Waals surface area contributed by atoms with Gasteiger partial charge in [-0.15, -0.1) is 5.10 Å². The summed E-state index contributed by atoms with van der Waals surface area (Å²) in [6, 6.07) is 15.9. The van der Waals surface area contributed by atoms with Gasteiger partial charge in [0.05, 0.1) is 12.5 Å². The Morgan fingerprint density at radius 2 is 1.96 bits per heavy atom. The maximum atomic E-state index is 12.1. The summed E-state index contributed by atoms with van der Waals surface area (Å²) in [4.78, 5) is 28.4. The summed E-state index contributed by atoms with van der Waals surface area (Å²) >= 11 is 5.81. The number of rotatable bonds is 5. The van der Waals surface area contributed by atoms with E-state index in [-0.39, 0.29) is 30.9 Å². The molecular formula is C19H16ClN5O3. The Morgan fingerprint density at radius 3 is 2.71 bits per heavy atom. The van der Waals surface area contributed by atoms with Crippen molar-refractivity contribution in [1.29, 1.82) is 0 Å². The van der Waals surface area contributed by atoms with Crippen LogP contribution in [0.15, 0.2) is 54.6 Å². The molecule has 0 saturated carbocycles. The minimum atomic E-state index is -0.416. The minimum absolute atomic E-state index is 0.0998. The molecule has 0 saturated heterocycles. The molecule has 142 valence electrons. The van der Waals surface area contributed by atoms with Crippen molar-refractivity contribution in [3.63, 3.8) is 0 Å². The van der Waals surface area contributed by atoms with Crippen LogP contribution in [0.4, 0.5) is 11.9 Å². The number of ether oxygens (including phenoxy) is 1. The van der Waals surface area contributed by atoms with Gasteiger partial charge in [0.2, 0.25) is 11.9 Å². The molecule has 4 rings (SSSR count). The van der Waals surface area contributed by atoms with Crippen LogP contribution in [0.2, 0.25) is 5.02 Å². The van der Waals surface area contributed by atoms with Crippen molar-refractivity contribution in [2.75, 3.05) is 17.2 Å². The fraction of sp³-hybridized carbons (Fsp3) is 0.158. The summed E-state index contributed by atoms with van der Waals surface area (Å²) in [5.74, 6) is 0.341. The van der Waals surface area contributed by atoms with E-state index in [1.54, 1.807) is 28.9 Å². The Labute approximate surface area is 165 Å². The first-order valence-electron chi connectivity index (χ1n) is 8.58. The van der Waals surface area contributed by atoms with E-state index in [1.165, 1.54) is 0 Å². The van der Waals surface area contributed by atoms with Gasteiger partial charge < -0.3 is 4.74 Å². The highest BCUT2D eigenvalue weighted by Gasteiger charge is 2.29. The van der Waals surface area contributed by atoms with Gasteiger partial charge in [0.25, 0.3) is 11.9 Å². The summed E-state index contributed by atoms with van der Waals surface area (Å²) in [6.45, 7) is -0.208. The molecular weight excluding hydrogens is 382 g/mol. The fourth-order valence-electron chi connectivity index (χ4n) is 2.89. The summed E-state index contributed by atoms with van der Waals surface area (Å²) in [5.41, 5.74) is 0.937. The molecule has 1 aromatic heterocycles. The lowest BCUT2D eigenvalue weighted by Gasteiger charge is -2.23. The molecule has 0 radical (unpaired) electrons. The van der Waals surface area contributed by atoms with E-state index >= 15 is 0 Å². The molecule has 9 heteroatoms. The molecule has 3 aromatic rings. The first-order valence-corrected chi connectivity index (χ1v) is 8.96. The fourth-order valence-corrected chi connectivity index (χ4v) is 3.02. The molecule has 2 heterocycles. The predicted octanol–water partition coefficient (Wildman–Crippen LogP) is 2.88. The number of fused-ring (bicyclic) bond motifs is 1. The number of aromatic nitrogens is 3. The summed E-state index contributed by atoms with van der Waals surface area (Å²) < 4.78 is 7.01. The molecule has 8 nitrogen and oxygen atoms in total. The number of hydrogen-bond donors (Lipinski definition) is 2. The van der Waals surface area contributed by atoms with E-state index < -0.39 is 5.91 Å². The smallest absolute Gasteiger partial charge is 0.264 e. The van der Waals surface area contributed by atoms with E-state index in [0.29, 0.717) is 16.7 Å². The van der Waals surface area contributed by atoms with E-state index in [0.717, 1.165) is 5.56 Å².